The van der Waals surface area contributed by atoms with Gasteiger partial charge in [-0.3, -0.25) is 4.68 Å². The van der Waals surface area contributed by atoms with E-state index in [2.05, 4.69) is 25.0 Å². The molecule has 0 aromatic carbocycles. The van der Waals surface area contributed by atoms with Gasteiger partial charge in [-0.25, -0.2) is 0 Å². The Morgan fingerprint density at radius 1 is 1.62 bits per heavy atom. The van der Waals surface area contributed by atoms with E-state index in [4.69, 9.17) is 4.74 Å². The number of aromatic nitrogens is 2. The van der Waals surface area contributed by atoms with Crippen LogP contribution in [0.3, 0.4) is 0 Å². The second-order valence-corrected chi connectivity index (χ2v) is 3.31. The highest BCUT2D eigenvalue weighted by molar-refractivity contribution is 5.04. The molecule has 13 heavy (non-hydrogen) atoms. The first-order chi connectivity index (χ1) is 6.27. The molecule has 1 unspecified atom stereocenters. The Hall–Kier alpha value is -0.830. The van der Waals surface area contributed by atoms with Crippen molar-refractivity contribution in [1.29, 1.82) is 0 Å². The van der Waals surface area contributed by atoms with Crippen LogP contribution in [0.2, 0.25) is 0 Å². The Labute approximate surface area is 79.7 Å². The third kappa shape index (κ3) is 2.84. The van der Waals surface area contributed by atoms with Crippen LogP contribution in [0.15, 0.2) is 12.3 Å². The summed E-state index contributed by atoms with van der Waals surface area (Å²) in [5.74, 6) is 0.559. The van der Waals surface area contributed by atoms with Crippen LogP contribution < -0.4 is 0 Å². The number of nitrogens with zero attached hydrogens (tertiary/aromatic N) is 2. The average molecular weight is 182 g/mol. The molecule has 0 N–H and O–H groups in total. The minimum Gasteiger partial charge on any atom is -0.383 e. The van der Waals surface area contributed by atoms with Crippen molar-refractivity contribution in [3.05, 3.63) is 18.0 Å². The van der Waals surface area contributed by atoms with E-state index in [0.717, 1.165) is 19.6 Å². The van der Waals surface area contributed by atoms with Crippen LogP contribution in [0.5, 0.6) is 0 Å². The number of rotatable bonds is 5. The van der Waals surface area contributed by atoms with Gasteiger partial charge in [0.05, 0.1) is 18.8 Å². The molecule has 0 radical (unpaired) electrons. The van der Waals surface area contributed by atoms with Gasteiger partial charge in [0, 0.05) is 13.3 Å². The third-order valence-electron chi connectivity index (χ3n) is 2.30. The highest BCUT2D eigenvalue weighted by atomic mass is 16.5. The van der Waals surface area contributed by atoms with Gasteiger partial charge >= 0.3 is 0 Å². The molecule has 0 saturated heterocycles. The third-order valence-corrected chi connectivity index (χ3v) is 2.30. The van der Waals surface area contributed by atoms with E-state index in [1.54, 1.807) is 7.11 Å². The molecule has 3 heteroatoms. The second-order valence-electron chi connectivity index (χ2n) is 3.31. The Bertz CT molecular complexity index is 245. The maximum atomic E-state index is 4.98. The standard InChI is InChI=1S/C10H18N2O/c1-4-9(2)10-5-6-12(11-10)7-8-13-3/h5-6,9H,4,7-8H2,1-3H3. The zero-order valence-electron chi connectivity index (χ0n) is 8.66. The maximum absolute atomic E-state index is 4.98. The monoisotopic (exact) mass is 182 g/mol. The molecule has 1 aromatic rings. The van der Waals surface area contributed by atoms with E-state index in [-0.39, 0.29) is 0 Å². The van der Waals surface area contributed by atoms with E-state index >= 15 is 0 Å². The zero-order chi connectivity index (χ0) is 9.68. The van der Waals surface area contributed by atoms with Crippen molar-refractivity contribution in [2.75, 3.05) is 13.7 Å². The molecular formula is C10H18N2O. The number of hydrogen-bond acceptors (Lipinski definition) is 2. The molecule has 74 valence electrons. The summed E-state index contributed by atoms with van der Waals surface area (Å²) in [4.78, 5) is 0. The van der Waals surface area contributed by atoms with E-state index < -0.39 is 0 Å². The fourth-order valence-corrected chi connectivity index (χ4v) is 1.16. The van der Waals surface area contributed by atoms with Gasteiger partial charge in [-0.05, 0) is 18.4 Å². The van der Waals surface area contributed by atoms with Crippen LogP contribution >= 0.6 is 0 Å². The van der Waals surface area contributed by atoms with Crippen LogP contribution in [-0.2, 0) is 11.3 Å². The van der Waals surface area contributed by atoms with Gasteiger partial charge in [0.1, 0.15) is 0 Å². The van der Waals surface area contributed by atoms with E-state index in [1.807, 2.05) is 10.9 Å². The molecule has 1 rings (SSSR count). The molecule has 1 aromatic heterocycles. The predicted molar refractivity (Wildman–Crippen MR) is 52.8 cm³/mol. The number of methoxy groups -OCH3 is 1. The quantitative estimate of drug-likeness (QED) is 0.696. The van der Waals surface area contributed by atoms with Crippen LogP contribution in [0, 0.1) is 0 Å². The van der Waals surface area contributed by atoms with Crippen LogP contribution in [0.1, 0.15) is 31.9 Å². The Morgan fingerprint density at radius 3 is 3.00 bits per heavy atom. The molecule has 0 saturated carbocycles. The molecule has 0 spiro atoms. The molecule has 0 aliphatic heterocycles. The van der Waals surface area contributed by atoms with Gasteiger partial charge in [0.15, 0.2) is 0 Å². The van der Waals surface area contributed by atoms with Crippen LogP contribution in [0.4, 0.5) is 0 Å². The first-order valence-electron chi connectivity index (χ1n) is 4.80. The summed E-state index contributed by atoms with van der Waals surface area (Å²) in [6.45, 7) is 5.94. The van der Waals surface area contributed by atoms with E-state index in [0.29, 0.717) is 5.92 Å². The lowest BCUT2D eigenvalue weighted by atomic mass is 10.1. The molecule has 0 aliphatic carbocycles. The lowest BCUT2D eigenvalue weighted by molar-refractivity contribution is 0.183. The summed E-state index contributed by atoms with van der Waals surface area (Å²) >= 11 is 0. The largest absolute Gasteiger partial charge is 0.383 e. The van der Waals surface area contributed by atoms with Crippen molar-refractivity contribution in [1.82, 2.24) is 9.78 Å². The minimum atomic E-state index is 0.559. The van der Waals surface area contributed by atoms with Crippen molar-refractivity contribution in [3.8, 4) is 0 Å². The van der Waals surface area contributed by atoms with E-state index in [9.17, 15) is 0 Å². The van der Waals surface area contributed by atoms with Crippen molar-refractivity contribution >= 4 is 0 Å². The molecule has 1 heterocycles. The fourth-order valence-electron chi connectivity index (χ4n) is 1.16. The highest BCUT2D eigenvalue weighted by Crippen LogP contribution is 2.15. The van der Waals surface area contributed by atoms with Gasteiger partial charge in [0.2, 0.25) is 0 Å². The fraction of sp³-hybridized carbons (Fsp3) is 0.700. The van der Waals surface area contributed by atoms with Crippen molar-refractivity contribution in [2.24, 2.45) is 0 Å². The molecule has 1 atom stereocenters. The topological polar surface area (TPSA) is 27.1 Å². The van der Waals surface area contributed by atoms with Crippen molar-refractivity contribution < 1.29 is 4.74 Å². The molecular weight excluding hydrogens is 164 g/mol. The Kier molecular flexibility index (Phi) is 3.96. The number of hydrogen-bond donors (Lipinski definition) is 0. The normalized spacial score (nSPS) is 13.2. The molecule has 0 amide bonds. The van der Waals surface area contributed by atoms with Gasteiger partial charge in [-0.2, -0.15) is 5.10 Å². The first-order valence-corrected chi connectivity index (χ1v) is 4.80. The van der Waals surface area contributed by atoms with Gasteiger partial charge in [-0.15, -0.1) is 0 Å². The summed E-state index contributed by atoms with van der Waals surface area (Å²) in [6.07, 6.45) is 3.15. The minimum absolute atomic E-state index is 0.559. The maximum Gasteiger partial charge on any atom is 0.0658 e. The van der Waals surface area contributed by atoms with Gasteiger partial charge < -0.3 is 4.74 Å². The molecule has 0 bridgehead atoms. The summed E-state index contributed by atoms with van der Waals surface area (Å²) in [5.41, 5.74) is 1.18. The lowest BCUT2D eigenvalue weighted by Crippen LogP contribution is -2.05. The summed E-state index contributed by atoms with van der Waals surface area (Å²) in [7, 11) is 1.71. The highest BCUT2D eigenvalue weighted by Gasteiger charge is 2.05. The molecule has 0 aliphatic rings. The Balaban J connectivity index is 2.53. The SMILES string of the molecule is CCC(C)c1ccn(CCOC)n1. The Morgan fingerprint density at radius 2 is 2.38 bits per heavy atom. The predicted octanol–water partition coefficient (Wildman–Crippen LogP) is 2.04. The smallest absolute Gasteiger partial charge is 0.0658 e. The number of ether oxygens (including phenoxy) is 1. The summed E-state index contributed by atoms with van der Waals surface area (Å²) in [6, 6.07) is 2.09. The molecule has 0 fully saturated rings. The van der Waals surface area contributed by atoms with Crippen molar-refractivity contribution in [3.63, 3.8) is 0 Å². The van der Waals surface area contributed by atoms with Gasteiger partial charge in [-0.1, -0.05) is 13.8 Å². The average Bonchev–Trinajstić information content (AvgIpc) is 2.62. The van der Waals surface area contributed by atoms with Crippen LogP contribution in [-0.4, -0.2) is 23.5 Å². The first kappa shape index (κ1) is 10.3. The van der Waals surface area contributed by atoms with Crippen LogP contribution in [0.25, 0.3) is 0 Å². The lowest BCUT2D eigenvalue weighted by Gasteiger charge is -2.03. The summed E-state index contributed by atoms with van der Waals surface area (Å²) in [5, 5.41) is 4.46. The van der Waals surface area contributed by atoms with Crippen molar-refractivity contribution in [2.45, 2.75) is 32.7 Å². The van der Waals surface area contributed by atoms with E-state index in [1.165, 1.54) is 5.69 Å². The molecule has 3 nitrogen and oxygen atoms in total. The summed E-state index contributed by atoms with van der Waals surface area (Å²) < 4.78 is 6.92. The second kappa shape index (κ2) is 5.02. The van der Waals surface area contributed by atoms with Gasteiger partial charge in [0.25, 0.3) is 0 Å². The zero-order valence-corrected chi connectivity index (χ0v) is 8.66.